The summed E-state index contributed by atoms with van der Waals surface area (Å²) < 4.78 is 5.92. The molecule has 2 amide bonds. The van der Waals surface area contributed by atoms with Crippen molar-refractivity contribution in [2.24, 2.45) is 0 Å². The fraction of sp³-hybridized carbons (Fsp3) is 0.440. The number of carbonyl (C=O) groups excluding carboxylic acids is 2. The molecule has 0 unspecified atom stereocenters. The Labute approximate surface area is 178 Å². The Morgan fingerprint density at radius 3 is 2.57 bits per heavy atom. The van der Waals surface area contributed by atoms with Crippen LogP contribution in [0.1, 0.15) is 54.9 Å². The molecule has 30 heavy (non-hydrogen) atoms. The quantitative estimate of drug-likeness (QED) is 0.761. The zero-order valence-electron chi connectivity index (χ0n) is 17.7. The van der Waals surface area contributed by atoms with Gasteiger partial charge in [-0.05, 0) is 73.4 Å². The molecule has 2 aromatic carbocycles. The van der Waals surface area contributed by atoms with E-state index in [0.717, 1.165) is 42.7 Å². The van der Waals surface area contributed by atoms with Crippen LogP contribution >= 0.6 is 0 Å². The smallest absolute Gasteiger partial charge is 0.261 e. The summed E-state index contributed by atoms with van der Waals surface area (Å²) in [6.07, 6.45) is 5.68. The molecular formula is C25H30N2O3. The maximum Gasteiger partial charge on any atom is 0.261 e. The Morgan fingerprint density at radius 1 is 1.03 bits per heavy atom. The molecule has 1 saturated heterocycles. The second-order valence-corrected chi connectivity index (χ2v) is 8.30. The van der Waals surface area contributed by atoms with Gasteiger partial charge in [0.25, 0.3) is 5.91 Å². The summed E-state index contributed by atoms with van der Waals surface area (Å²) in [4.78, 5) is 26.5. The third kappa shape index (κ3) is 4.84. The van der Waals surface area contributed by atoms with Gasteiger partial charge in [-0.25, -0.2) is 0 Å². The SMILES string of the molecule is C[C@H](Oc1ccc2c(c1)CCCC2)C(=O)NCc1ccccc1CN1CCCC1=O. The Hall–Kier alpha value is -2.82. The number of hydrogen-bond donors (Lipinski definition) is 1. The molecule has 0 radical (unpaired) electrons. The number of likely N-dealkylation sites (tertiary alicyclic amines) is 1. The van der Waals surface area contributed by atoms with Crippen LogP contribution in [-0.4, -0.2) is 29.4 Å². The molecule has 1 fully saturated rings. The van der Waals surface area contributed by atoms with E-state index < -0.39 is 6.10 Å². The van der Waals surface area contributed by atoms with Crippen molar-refractivity contribution in [3.8, 4) is 5.75 Å². The number of nitrogens with one attached hydrogen (secondary N) is 1. The van der Waals surface area contributed by atoms with Gasteiger partial charge in [0.15, 0.2) is 6.10 Å². The minimum absolute atomic E-state index is 0.139. The normalized spacial score (nSPS) is 16.8. The van der Waals surface area contributed by atoms with E-state index in [0.29, 0.717) is 19.5 Å². The summed E-state index contributed by atoms with van der Waals surface area (Å²) >= 11 is 0. The molecule has 0 spiro atoms. The number of carbonyl (C=O) groups is 2. The van der Waals surface area contributed by atoms with Crippen LogP contribution in [-0.2, 0) is 35.5 Å². The van der Waals surface area contributed by atoms with E-state index in [2.05, 4.69) is 17.4 Å². The van der Waals surface area contributed by atoms with Crippen molar-refractivity contribution < 1.29 is 14.3 Å². The second kappa shape index (κ2) is 9.33. The number of nitrogens with zero attached hydrogens (tertiary/aromatic N) is 1. The lowest BCUT2D eigenvalue weighted by molar-refractivity contribution is -0.128. The fourth-order valence-electron chi connectivity index (χ4n) is 4.33. The Morgan fingerprint density at radius 2 is 1.80 bits per heavy atom. The van der Waals surface area contributed by atoms with Crippen LogP contribution in [0.5, 0.6) is 5.75 Å². The van der Waals surface area contributed by atoms with Crippen LogP contribution in [0.3, 0.4) is 0 Å². The second-order valence-electron chi connectivity index (χ2n) is 8.30. The van der Waals surface area contributed by atoms with Crippen molar-refractivity contribution in [2.45, 2.75) is 64.6 Å². The summed E-state index contributed by atoms with van der Waals surface area (Å²) in [6, 6.07) is 14.2. The van der Waals surface area contributed by atoms with E-state index in [1.165, 1.54) is 24.0 Å². The standard InChI is InChI=1S/C25H30N2O3/c1-18(30-23-13-12-19-7-2-3-8-20(19)15-23)25(29)26-16-21-9-4-5-10-22(21)17-27-14-6-11-24(27)28/h4-5,9-10,12-13,15,18H,2-3,6-8,11,14,16-17H2,1H3,(H,26,29)/t18-/m0/s1. The minimum atomic E-state index is -0.570. The number of benzene rings is 2. The molecule has 1 N–H and O–H groups in total. The number of hydrogen-bond acceptors (Lipinski definition) is 3. The van der Waals surface area contributed by atoms with Gasteiger partial charge in [-0.1, -0.05) is 30.3 Å². The van der Waals surface area contributed by atoms with Crippen LogP contribution in [0.25, 0.3) is 0 Å². The van der Waals surface area contributed by atoms with Crippen LogP contribution in [0.4, 0.5) is 0 Å². The summed E-state index contributed by atoms with van der Waals surface area (Å²) in [6.45, 7) is 3.62. The van der Waals surface area contributed by atoms with Crippen molar-refractivity contribution in [1.82, 2.24) is 10.2 Å². The van der Waals surface area contributed by atoms with Gasteiger partial charge in [0.05, 0.1) is 0 Å². The summed E-state index contributed by atoms with van der Waals surface area (Å²) in [5.74, 6) is 0.826. The molecule has 1 atom stereocenters. The first-order valence-corrected chi connectivity index (χ1v) is 11.0. The molecule has 1 aliphatic heterocycles. The predicted octanol–water partition coefficient (Wildman–Crippen LogP) is 3.77. The van der Waals surface area contributed by atoms with Crippen molar-refractivity contribution in [1.29, 1.82) is 0 Å². The molecule has 5 nitrogen and oxygen atoms in total. The van der Waals surface area contributed by atoms with E-state index in [-0.39, 0.29) is 11.8 Å². The monoisotopic (exact) mass is 406 g/mol. The Balaban J connectivity index is 1.34. The molecule has 4 rings (SSSR count). The highest BCUT2D eigenvalue weighted by molar-refractivity contribution is 5.80. The Bertz CT molecular complexity index is 924. The van der Waals surface area contributed by atoms with Gasteiger partial charge >= 0.3 is 0 Å². The van der Waals surface area contributed by atoms with Gasteiger partial charge in [0.1, 0.15) is 5.75 Å². The predicted molar refractivity (Wildman–Crippen MR) is 116 cm³/mol. The summed E-state index contributed by atoms with van der Waals surface area (Å²) in [5.41, 5.74) is 4.86. The summed E-state index contributed by atoms with van der Waals surface area (Å²) in [5, 5.41) is 2.99. The first kappa shape index (κ1) is 20.5. The zero-order chi connectivity index (χ0) is 20.9. The molecule has 0 bridgehead atoms. The minimum Gasteiger partial charge on any atom is -0.481 e. The fourth-order valence-corrected chi connectivity index (χ4v) is 4.33. The zero-order valence-corrected chi connectivity index (χ0v) is 17.7. The van der Waals surface area contributed by atoms with Crippen LogP contribution in [0.15, 0.2) is 42.5 Å². The first-order valence-electron chi connectivity index (χ1n) is 11.0. The highest BCUT2D eigenvalue weighted by Gasteiger charge is 2.21. The highest BCUT2D eigenvalue weighted by Crippen LogP contribution is 2.26. The van der Waals surface area contributed by atoms with Gasteiger partial charge in [-0.2, -0.15) is 0 Å². The number of aryl methyl sites for hydroxylation is 2. The third-order valence-electron chi connectivity index (χ3n) is 6.11. The van der Waals surface area contributed by atoms with Gasteiger partial charge < -0.3 is 15.0 Å². The van der Waals surface area contributed by atoms with Gasteiger partial charge in [-0.3, -0.25) is 9.59 Å². The topological polar surface area (TPSA) is 58.6 Å². The van der Waals surface area contributed by atoms with E-state index in [1.54, 1.807) is 6.92 Å². The van der Waals surface area contributed by atoms with Crippen molar-refractivity contribution >= 4 is 11.8 Å². The third-order valence-corrected chi connectivity index (χ3v) is 6.11. The molecule has 5 heteroatoms. The van der Waals surface area contributed by atoms with E-state index >= 15 is 0 Å². The number of fused-ring (bicyclic) bond motifs is 1. The molecule has 1 heterocycles. The lowest BCUT2D eigenvalue weighted by atomic mass is 9.92. The van der Waals surface area contributed by atoms with E-state index in [4.69, 9.17) is 4.74 Å². The highest BCUT2D eigenvalue weighted by atomic mass is 16.5. The van der Waals surface area contributed by atoms with Crippen LogP contribution in [0, 0.1) is 0 Å². The lowest BCUT2D eigenvalue weighted by Gasteiger charge is -2.20. The van der Waals surface area contributed by atoms with E-state index in [9.17, 15) is 9.59 Å². The number of amides is 2. The molecule has 0 aromatic heterocycles. The average molecular weight is 407 g/mol. The molecule has 1 aliphatic carbocycles. The lowest BCUT2D eigenvalue weighted by Crippen LogP contribution is -2.36. The number of rotatable bonds is 7. The maximum atomic E-state index is 12.6. The summed E-state index contributed by atoms with van der Waals surface area (Å²) in [7, 11) is 0. The van der Waals surface area contributed by atoms with Crippen molar-refractivity contribution in [3.63, 3.8) is 0 Å². The van der Waals surface area contributed by atoms with Crippen LogP contribution in [0.2, 0.25) is 0 Å². The van der Waals surface area contributed by atoms with Gasteiger partial charge in [0, 0.05) is 26.1 Å². The Kier molecular flexibility index (Phi) is 6.36. The maximum absolute atomic E-state index is 12.6. The van der Waals surface area contributed by atoms with Gasteiger partial charge in [0.2, 0.25) is 5.91 Å². The molecule has 2 aromatic rings. The number of ether oxygens (including phenoxy) is 1. The van der Waals surface area contributed by atoms with Crippen molar-refractivity contribution in [3.05, 3.63) is 64.7 Å². The molecule has 0 saturated carbocycles. The van der Waals surface area contributed by atoms with Crippen molar-refractivity contribution in [2.75, 3.05) is 6.54 Å². The largest absolute Gasteiger partial charge is 0.481 e. The van der Waals surface area contributed by atoms with Crippen LogP contribution < -0.4 is 10.1 Å². The average Bonchev–Trinajstić information content (AvgIpc) is 3.17. The molecule has 2 aliphatic rings. The molecular weight excluding hydrogens is 376 g/mol. The van der Waals surface area contributed by atoms with E-state index in [1.807, 2.05) is 35.2 Å². The molecule has 158 valence electrons. The van der Waals surface area contributed by atoms with Gasteiger partial charge in [-0.15, -0.1) is 0 Å². The first-order chi connectivity index (χ1) is 14.6.